The second-order valence-corrected chi connectivity index (χ2v) is 7.66. The standard InChI is InChI=1S/C23H17F2N3O3S/c1-31-16-6-4-5-15(12-16)26-21(29)13-32-23-27-19-8-3-2-7-17(19)22(30)28(23)20-10-9-14(24)11-18(20)25/h2-12H,13H2,1H3,(H,26,29). The quantitative estimate of drug-likeness (QED) is 0.346. The maximum absolute atomic E-state index is 14.5. The molecule has 0 fully saturated rings. The van der Waals surface area contributed by atoms with Crippen LogP contribution >= 0.6 is 11.8 Å². The van der Waals surface area contributed by atoms with Crippen molar-refractivity contribution < 1.29 is 18.3 Å². The summed E-state index contributed by atoms with van der Waals surface area (Å²) in [5.41, 5.74) is 0.289. The Kier molecular flexibility index (Phi) is 6.18. The van der Waals surface area contributed by atoms with Gasteiger partial charge in [-0.05, 0) is 36.4 Å². The van der Waals surface area contributed by atoms with E-state index in [1.807, 2.05) is 0 Å². The molecule has 1 amide bonds. The number of methoxy groups -OCH3 is 1. The van der Waals surface area contributed by atoms with Crippen molar-refractivity contribution in [3.8, 4) is 11.4 Å². The van der Waals surface area contributed by atoms with Crippen LogP contribution in [0, 0.1) is 11.6 Å². The molecule has 9 heteroatoms. The number of benzene rings is 3. The molecule has 0 unspecified atom stereocenters. The van der Waals surface area contributed by atoms with Gasteiger partial charge >= 0.3 is 0 Å². The first-order valence-corrected chi connectivity index (χ1v) is 10.5. The third kappa shape index (κ3) is 4.47. The summed E-state index contributed by atoms with van der Waals surface area (Å²) in [6, 6.07) is 16.4. The number of ether oxygens (including phenoxy) is 1. The smallest absolute Gasteiger partial charge is 0.266 e. The van der Waals surface area contributed by atoms with Crippen LogP contribution in [-0.4, -0.2) is 28.3 Å². The molecule has 6 nitrogen and oxygen atoms in total. The van der Waals surface area contributed by atoms with Crippen molar-refractivity contribution in [1.82, 2.24) is 9.55 Å². The Balaban J connectivity index is 1.68. The number of hydrogen-bond donors (Lipinski definition) is 1. The van der Waals surface area contributed by atoms with Gasteiger partial charge in [-0.3, -0.25) is 14.2 Å². The average Bonchev–Trinajstić information content (AvgIpc) is 2.79. The number of halogens is 2. The van der Waals surface area contributed by atoms with Crippen molar-refractivity contribution in [1.29, 1.82) is 0 Å². The van der Waals surface area contributed by atoms with E-state index in [9.17, 15) is 18.4 Å². The number of aromatic nitrogens is 2. The van der Waals surface area contributed by atoms with E-state index in [0.29, 0.717) is 23.0 Å². The fourth-order valence-corrected chi connectivity index (χ4v) is 3.92. The zero-order chi connectivity index (χ0) is 22.7. The van der Waals surface area contributed by atoms with E-state index in [1.165, 1.54) is 13.2 Å². The fraction of sp³-hybridized carbons (Fsp3) is 0.0870. The van der Waals surface area contributed by atoms with Crippen LogP contribution in [0.5, 0.6) is 5.75 Å². The highest BCUT2D eigenvalue weighted by atomic mass is 32.2. The molecule has 4 rings (SSSR count). The Morgan fingerprint density at radius 3 is 2.69 bits per heavy atom. The van der Waals surface area contributed by atoms with E-state index in [1.54, 1.807) is 48.5 Å². The Bertz CT molecular complexity index is 1370. The number of nitrogens with zero attached hydrogens (tertiary/aromatic N) is 2. The highest BCUT2D eigenvalue weighted by Crippen LogP contribution is 2.24. The summed E-state index contributed by atoms with van der Waals surface area (Å²) in [6.07, 6.45) is 0. The van der Waals surface area contributed by atoms with Crippen molar-refractivity contribution in [3.63, 3.8) is 0 Å². The highest BCUT2D eigenvalue weighted by Gasteiger charge is 2.18. The van der Waals surface area contributed by atoms with Crippen molar-refractivity contribution in [2.75, 3.05) is 18.2 Å². The summed E-state index contributed by atoms with van der Waals surface area (Å²) < 4.78 is 34.1. The van der Waals surface area contributed by atoms with E-state index in [0.717, 1.165) is 22.4 Å². The molecule has 162 valence electrons. The largest absolute Gasteiger partial charge is 0.497 e. The van der Waals surface area contributed by atoms with Crippen LogP contribution in [0.15, 0.2) is 76.7 Å². The number of hydrogen-bond acceptors (Lipinski definition) is 5. The number of carbonyl (C=O) groups is 1. The van der Waals surface area contributed by atoms with Gasteiger partial charge in [0.2, 0.25) is 5.91 Å². The van der Waals surface area contributed by atoms with Gasteiger partial charge in [0, 0.05) is 17.8 Å². The second-order valence-electron chi connectivity index (χ2n) is 6.72. The molecule has 0 aliphatic heterocycles. The number of rotatable bonds is 6. The minimum absolute atomic E-state index is 0.0925. The molecule has 0 bridgehead atoms. The van der Waals surface area contributed by atoms with Gasteiger partial charge in [0.05, 0.1) is 29.5 Å². The van der Waals surface area contributed by atoms with Crippen LogP contribution < -0.4 is 15.6 Å². The molecule has 0 aliphatic carbocycles. The van der Waals surface area contributed by atoms with Gasteiger partial charge in [-0.1, -0.05) is 30.0 Å². The minimum atomic E-state index is -0.910. The van der Waals surface area contributed by atoms with Gasteiger partial charge in [-0.25, -0.2) is 13.8 Å². The molecule has 0 aliphatic rings. The van der Waals surface area contributed by atoms with E-state index < -0.39 is 17.2 Å². The van der Waals surface area contributed by atoms with Crippen LogP contribution in [0.2, 0.25) is 0 Å². The highest BCUT2D eigenvalue weighted by molar-refractivity contribution is 7.99. The zero-order valence-electron chi connectivity index (χ0n) is 16.8. The van der Waals surface area contributed by atoms with Crippen molar-refractivity contribution in [3.05, 3.63) is 88.7 Å². The summed E-state index contributed by atoms with van der Waals surface area (Å²) >= 11 is 0.969. The fourth-order valence-electron chi connectivity index (χ4n) is 3.11. The molecular formula is C23H17F2N3O3S. The van der Waals surface area contributed by atoms with Crippen molar-refractivity contribution in [2.45, 2.75) is 5.16 Å². The molecule has 0 atom stereocenters. The number of anilines is 1. The van der Waals surface area contributed by atoms with Crippen molar-refractivity contribution in [2.24, 2.45) is 0 Å². The average molecular weight is 453 g/mol. The van der Waals surface area contributed by atoms with Gasteiger partial charge in [0.15, 0.2) is 5.16 Å². The van der Waals surface area contributed by atoms with Crippen molar-refractivity contribution >= 4 is 34.3 Å². The summed E-state index contributed by atoms with van der Waals surface area (Å²) in [4.78, 5) is 30.1. The lowest BCUT2D eigenvalue weighted by Gasteiger charge is -2.14. The molecule has 3 aromatic carbocycles. The lowest BCUT2D eigenvalue weighted by atomic mass is 10.2. The van der Waals surface area contributed by atoms with Gasteiger partial charge in [-0.15, -0.1) is 0 Å². The molecule has 1 heterocycles. The summed E-state index contributed by atoms with van der Waals surface area (Å²) in [6.45, 7) is 0. The summed E-state index contributed by atoms with van der Waals surface area (Å²) in [5, 5.41) is 3.13. The summed E-state index contributed by atoms with van der Waals surface area (Å²) in [5.74, 6) is -1.53. The Morgan fingerprint density at radius 2 is 1.91 bits per heavy atom. The molecule has 32 heavy (non-hydrogen) atoms. The van der Waals surface area contributed by atoms with Crippen LogP contribution in [-0.2, 0) is 4.79 Å². The minimum Gasteiger partial charge on any atom is -0.497 e. The number of amides is 1. The van der Waals surface area contributed by atoms with E-state index in [4.69, 9.17) is 4.74 Å². The molecular weight excluding hydrogens is 436 g/mol. The van der Waals surface area contributed by atoms with E-state index in [2.05, 4.69) is 10.3 Å². The lowest BCUT2D eigenvalue weighted by molar-refractivity contribution is -0.113. The molecule has 0 radical (unpaired) electrons. The predicted molar refractivity (Wildman–Crippen MR) is 120 cm³/mol. The van der Waals surface area contributed by atoms with Crippen LogP contribution in [0.3, 0.4) is 0 Å². The second kappa shape index (κ2) is 9.19. The summed E-state index contributed by atoms with van der Waals surface area (Å²) in [7, 11) is 1.52. The first-order chi connectivity index (χ1) is 15.5. The molecule has 4 aromatic rings. The maximum atomic E-state index is 14.5. The number of carbonyl (C=O) groups excluding carboxylic acids is 1. The number of para-hydroxylation sites is 1. The molecule has 0 saturated carbocycles. The number of fused-ring (bicyclic) bond motifs is 1. The van der Waals surface area contributed by atoms with Gasteiger partial charge in [0.25, 0.3) is 5.56 Å². The molecule has 0 saturated heterocycles. The van der Waals surface area contributed by atoms with Crippen LogP contribution in [0.1, 0.15) is 0 Å². The Labute approximate surface area is 185 Å². The molecule has 1 aromatic heterocycles. The third-order valence-corrected chi connectivity index (χ3v) is 5.52. The SMILES string of the molecule is COc1cccc(NC(=O)CSc2nc3ccccc3c(=O)n2-c2ccc(F)cc2F)c1. The number of nitrogens with one attached hydrogen (secondary N) is 1. The van der Waals surface area contributed by atoms with E-state index in [-0.39, 0.29) is 27.9 Å². The Hall–Kier alpha value is -3.72. The van der Waals surface area contributed by atoms with Crippen LogP contribution in [0.4, 0.5) is 14.5 Å². The van der Waals surface area contributed by atoms with Gasteiger partial charge < -0.3 is 10.1 Å². The third-order valence-electron chi connectivity index (χ3n) is 4.58. The first kappa shape index (κ1) is 21.5. The predicted octanol–water partition coefficient (Wildman–Crippen LogP) is 4.40. The van der Waals surface area contributed by atoms with Gasteiger partial charge in [0.1, 0.15) is 17.4 Å². The lowest BCUT2D eigenvalue weighted by Crippen LogP contribution is -2.23. The normalized spacial score (nSPS) is 10.8. The number of thioether (sulfide) groups is 1. The molecule has 0 spiro atoms. The van der Waals surface area contributed by atoms with Crippen LogP contribution in [0.25, 0.3) is 16.6 Å². The van der Waals surface area contributed by atoms with Gasteiger partial charge in [-0.2, -0.15) is 0 Å². The van der Waals surface area contributed by atoms with E-state index >= 15 is 0 Å². The monoisotopic (exact) mass is 453 g/mol. The Morgan fingerprint density at radius 1 is 1.09 bits per heavy atom. The molecule has 1 N–H and O–H groups in total. The topological polar surface area (TPSA) is 73.2 Å². The first-order valence-electron chi connectivity index (χ1n) is 9.50. The maximum Gasteiger partial charge on any atom is 0.266 e. The zero-order valence-corrected chi connectivity index (χ0v) is 17.7.